The lowest BCUT2D eigenvalue weighted by molar-refractivity contribution is -0.118. The molecule has 0 spiro atoms. The topological polar surface area (TPSA) is 75.6 Å². The fourth-order valence-electron chi connectivity index (χ4n) is 1.73. The number of amides is 1. The molecule has 0 bridgehead atoms. The van der Waals surface area contributed by atoms with Crippen molar-refractivity contribution in [2.24, 2.45) is 0 Å². The molecule has 0 aliphatic rings. The number of ether oxygens (including phenoxy) is 1. The van der Waals surface area contributed by atoms with E-state index in [1.165, 1.54) is 19.2 Å². The molecule has 5 nitrogen and oxygen atoms in total. The maximum Gasteiger partial charge on any atom is 0.397 e. The third kappa shape index (κ3) is 7.27. The summed E-state index contributed by atoms with van der Waals surface area (Å²) in [5.41, 5.74) is 0.777. The molecule has 23 heavy (non-hydrogen) atoms. The third-order valence-electron chi connectivity index (χ3n) is 2.75. The molecule has 0 radical (unpaired) electrons. The van der Waals surface area contributed by atoms with Crippen LogP contribution in [0.1, 0.15) is 15.9 Å². The van der Waals surface area contributed by atoms with Crippen LogP contribution in [-0.4, -0.2) is 48.3 Å². The van der Waals surface area contributed by atoms with Gasteiger partial charge in [0.2, 0.25) is 5.91 Å². The number of hydrogen-bond acceptors (Lipinski definition) is 4. The number of carbonyl (C=O) groups is 2. The second kappa shape index (κ2) is 8.66. The Morgan fingerprint density at radius 3 is 2.61 bits per heavy atom. The van der Waals surface area contributed by atoms with Crippen LogP contribution in [0.25, 0.3) is 0 Å². The van der Waals surface area contributed by atoms with Gasteiger partial charge < -0.3 is 15.2 Å². The first kappa shape index (κ1) is 19.1. The number of rotatable bonds is 8. The molecule has 0 heterocycles. The molecular weight excluding hydrogens is 335 g/mol. The summed E-state index contributed by atoms with van der Waals surface area (Å²) in [6.07, 6.45) is -3.91. The first-order valence-corrected chi connectivity index (χ1v) is 7.70. The third-order valence-corrected chi connectivity index (χ3v) is 3.75. The first-order chi connectivity index (χ1) is 10.7. The van der Waals surface area contributed by atoms with Crippen molar-refractivity contribution in [2.45, 2.75) is 12.6 Å². The van der Waals surface area contributed by atoms with Crippen LogP contribution in [-0.2, 0) is 11.2 Å². The predicted octanol–water partition coefficient (Wildman–Crippen LogP) is 2.35. The summed E-state index contributed by atoms with van der Waals surface area (Å²) in [5.74, 6) is -2.52. The van der Waals surface area contributed by atoms with Crippen molar-refractivity contribution in [3.05, 3.63) is 29.3 Å². The smallest absolute Gasteiger partial charge is 0.397 e. The average Bonchev–Trinajstić information content (AvgIpc) is 2.45. The maximum atomic E-state index is 11.9. The van der Waals surface area contributed by atoms with E-state index in [2.05, 4.69) is 5.32 Å². The highest BCUT2D eigenvalue weighted by atomic mass is 32.2. The second-order valence-corrected chi connectivity index (χ2v) is 5.53. The number of benzene rings is 1. The summed E-state index contributed by atoms with van der Waals surface area (Å²) in [5, 5.41) is 11.4. The summed E-state index contributed by atoms with van der Waals surface area (Å²) in [7, 11) is 1.40. The van der Waals surface area contributed by atoms with E-state index in [-0.39, 0.29) is 17.9 Å². The van der Waals surface area contributed by atoms with Crippen LogP contribution in [0.15, 0.2) is 18.2 Å². The summed E-state index contributed by atoms with van der Waals surface area (Å²) >= 11 is 0.500. The molecule has 2 N–H and O–H groups in total. The number of methoxy groups -OCH3 is 1. The predicted molar refractivity (Wildman–Crippen MR) is 80.0 cm³/mol. The Morgan fingerprint density at radius 1 is 1.35 bits per heavy atom. The van der Waals surface area contributed by atoms with Gasteiger partial charge in [0.25, 0.3) is 0 Å². The van der Waals surface area contributed by atoms with Crippen molar-refractivity contribution in [1.82, 2.24) is 5.32 Å². The van der Waals surface area contributed by atoms with Crippen LogP contribution < -0.4 is 10.1 Å². The molecule has 128 valence electrons. The lowest BCUT2D eigenvalue weighted by Crippen LogP contribution is -2.28. The molecular formula is C14H16F3NO4S. The van der Waals surface area contributed by atoms with Crippen molar-refractivity contribution in [1.29, 1.82) is 0 Å². The first-order valence-electron chi connectivity index (χ1n) is 6.54. The Balaban J connectivity index is 2.43. The van der Waals surface area contributed by atoms with Gasteiger partial charge in [0.1, 0.15) is 5.75 Å². The van der Waals surface area contributed by atoms with Gasteiger partial charge in [-0.25, -0.2) is 4.79 Å². The fraction of sp³-hybridized carbons (Fsp3) is 0.429. The average molecular weight is 351 g/mol. The number of nitrogens with one attached hydrogen (secondary N) is 1. The Labute approximate surface area is 135 Å². The van der Waals surface area contributed by atoms with E-state index >= 15 is 0 Å². The van der Waals surface area contributed by atoms with Crippen LogP contribution >= 0.6 is 11.8 Å². The van der Waals surface area contributed by atoms with Crippen LogP contribution in [0, 0.1) is 0 Å². The molecule has 0 aromatic heterocycles. The van der Waals surface area contributed by atoms with Gasteiger partial charge in [0, 0.05) is 6.54 Å². The second-order valence-electron chi connectivity index (χ2n) is 4.54. The lowest BCUT2D eigenvalue weighted by Gasteiger charge is -2.10. The van der Waals surface area contributed by atoms with Gasteiger partial charge in [-0.2, -0.15) is 13.2 Å². The number of hydrogen-bond donors (Lipinski definition) is 2. The largest absolute Gasteiger partial charge is 0.496 e. The highest BCUT2D eigenvalue weighted by Crippen LogP contribution is 2.21. The molecule has 0 unspecified atom stereocenters. The van der Waals surface area contributed by atoms with Gasteiger partial charge >= 0.3 is 12.1 Å². The zero-order chi connectivity index (χ0) is 17.5. The zero-order valence-electron chi connectivity index (χ0n) is 12.3. The number of alkyl halides is 3. The molecule has 0 fully saturated rings. The molecule has 0 aliphatic heterocycles. The normalized spacial score (nSPS) is 11.1. The van der Waals surface area contributed by atoms with E-state index in [1.807, 2.05) is 0 Å². The highest BCUT2D eigenvalue weighted by molar-refractivity contribution is 8.00. The quantitative estimate of drug-likeness (QED) is 0.752. The zero-order valence-corrected chi connectivity index (χ0v) is 13.1. The SMILES string of the molecule is COc1cc(C(=O)O)ccc1CCNC(=O)CSCC(F)(F)F. The summed E-state index contributed by atoms with van der Waals surface area (Å²) in [4.78, 5) is 22.3. The Hall–Kier alpha value is -1.90. The Bertz CT molecular complexity index is 563. The summed E-state index contributed by atoms with van der Waals surface area (Å²) in [6, 6.07) is 4.37. The van der Waals surface area contributed by atoms with E-state index in [9.17, 15) is 22.8 Å². The molecule has 0 aliphatic carbocycles. The molecule has 0 saturated heterocycles. The number of aromatic carboxylic acids is 1. The van der Waals surface area contributed by atoms with Crippen LogP contribution in [0.3, 0.4) is 0 Å². The molecule has 9 heteroatoms. The lowest BCUT2D eigenvalue weighted by atomic mass is 10.1. The van der Waals surface area contributed by atoms with Crippen LogP contribution in [0.5, 0.6) is 5.75 Å². The van der Waals surface area contributed by atoms with Gasteiger partial charge in [0.05, 0.1) is 24.2 Å². The van der Waals surface area contributed by atoms with Crippen LogP contribution in [0.4, 0.5) is 13.2 Å². The highest BCUT2D eigenvalue weighted by Gasteiger charge is 2.27. The minimum atomic E-state index is -4.29. The van der Waals surface area contributed by atoms with Crippen molar-refractivity contribution in [2.75, 3.05) is 25.2 Å². The van der Waals surface area contributed by atoms with Crippen LogP contribution in [0.2, 0.25) is 0 Å². The van der Waals surface area contributed by atoms with E-state index in [0.29, 0.717) is 29.5 Å². The van der Waals surface area contributed by atoms with Crippen molar-refractivity contribution >= 4 is 23.6 Å². The minimum absolute atomic E-state index is 0.0817. The number of carboxylic acids is 1. The molecule has 1 aromatic carbocycles. The van der Waals surface area contributed by atoms with E-state index < -0.39 is 23.8 Å². The molecule has 1 amide bonds. The number of carboxylic acid groups (broad SMARTS) is 1. The molecule has 0 saturated carbocycles. The van der Waals surface area contributed by atoms with Crippen molar-refractivity contribution in [3.8, 4) is 5.75 Å². The fourth-order valence-corrected chi connectivity index (χ4v) is 2.35. The number of thioether (sulfide) groups is 1. The van der Waals surface area contributed by atoms with E-state index in [0.717, 1.165) is 0 Å². The van der Waals surface area contributed by atoms with Gasteiger partial charge in [-0.1, -0.05) is 6.07 Å². The standard InChI is InChI=1S/C14H16F3NO4S/c1-22-11-6-10(13(20)21)3-2-9(11)4-5-18-12(19)7-23-8-14(15,16)17/h2-3,6H,4-5,7-8H2,1H3,(H,18,19)(H,20,21). The Morgan fingerprint density at radius 2 is 2.04 bits per heavy atom. The number of carbonyl (C=O) groups excluding carboxylic acids is 1. The Kier molecular flexibility index (Phi) is 7.21. The van der Waals surface area contributed by atoms with E-state index in [1.54, 1.807) is 6.07 Å². The number of halogens is 3. The minimum Gasteiger partial charge on any atom is -0.496 e. The maximum absolute atomic E-state index is 11.9. The summed E-state index contributed by atoms with van der Waals surface area (Å²) in [6.45, 7) is 0.216. The van der Waals surface area contributed by atoms with Gasteiger partial charge in [-0.3, -0.25) is 4.79 Å². The van der Waals surface area contributed by atoms with Gasteiger partial charge in [-0.05, 0) is 24.1 Å². The van der Waals surface area contributed by atoms with Crippen molar-refractivity contribution < 1.29 is 32.6 Å². The van der Waals surface area contributed by atoms with Crippen molar-refractivity contribution in [3.63, 3.8) is 0 Å². The summed E-state index contributed by atoms with van der Waals surface area (Å²) < 4.78 is 40.9. The van der Waals surface area contributed by atoms with E-state index in [4.69, 9.17) is 9.84 Å². The van der Waals surface area contributed by atoms with Gasteiger partial charge in [0.15, 0.2) is 0 Å². The molecule has 1 aromatic rings. The molecule has 0 atom stereocenters. The molecule has 1 rings (SSSR count). The monoisotopic (exact) mass is 351 g/mol. The van der Waals surface area contributed by atoms with Gasteiger partial charge in [-0.15, -0.1) is 11.8 Å².